The molecule has 0 bridgehead atoms. The van der Waals surface area contributed by atoms with E-state index in [1.165, 1.54) is 0 Å². The summed E-state index contributed by atoms with van der Waals surface area (Å²) in [6.07, 6.45) is 5.99. The van der Waals surface area contributed by atoms with Gasteiger partial charge in [0.15, 0.2) is 0 Å². The van der Waals surface area contributed by atoms with Crippen LogP contribution in [0.5, 0.6) is 0 Å². The Balaban J connectivity index is 1.77. The fourth-order valence-corrected chi connectivity index (χ4v) is 3.95. The van der Waals surface area contributed by atoms with Crippen LogP contribution >= 0.6 is 0 Å². The molecule has 0 aromatic rings. The Labute approximate surface area is 137 Å². The van der Waals surface area contributed by atoms with Crippen molar-refractivity contribution in [2.45, 2.75) is 50.4 Å². The van der Waals surface area contributed by atoms with Crippen molar-refractivity contribution in [3.05, 3.63) is 23.8 Å². The second-order valence-corrected chi connectivity index (χ2v) is 8.72. The Morgan fingerprint density at radius 2 is 2.22 bits per heavy atom. The smallest absolute Gasteiger partial charge is 0.334 e. The Bertz CT molecular complexity index is 668. The van der Waals surface area contributed by atoms with Crippen LogP contribution in [0, 0.1) is 5.92 Å². The van der Waals surface area contributed by atoms with Crippen molar-refractivity contribution in [1.82, 2.24) is 4.72 Å². The van der Waals surface area contributed by atoms with Gasteiger partial charge in [0, 0.05) is 18.0 Å². The molecule has 23 heavy (non-hydrogen) atoms. The number of fused-ring (bicyclic) bond motifs is 3. The summed E-state index contributed by atoms with van der Waals surface area (Å²) in [5.74, 6) is -0.397. The number of hydrogen-bond donors (Lipinski definition) is 1. The number of rotatable bonds is 3. The molecule has 2 heterocycles. The maximum atomic E-state index is 11.9. The highest BCUT2D eigenvalue weighted by molar-refractivity contribution is 7.88. The minimum absolute atomic E-state index is 0.0557. The summed E-state index contributed by atoms with van der Waals surface area (Å²) in [4.78, 5) is 11.9. The van der Waals surface area contributed by atoms with Crippen LogP contribution in [0.25, 0.3) is 0 Å². The fraction of sp³-hybridized carbons (Fsp3) is 0.688. The highest BCUT2D eigenvalue weighted by atomic mass is 32.2. The standard InChI is InChI=1S/C16H23NO5S/c1-10-12-7-6-11(9-17-23(3,19)20)5-4-8-16(2)14(22-16)13(12)21-15(10)18/h5,12-14,17H,1,4,6-9H2,2-3H3/b11-5+/t12-,13-,14-,16+/m0/s1. The van der Waals surface area contributed by atoms with Gasteiger partial charge in [-0.1, -0.05) is 18.2 Å². The summed E-state index contributed by atoms with van der Waals surface area (Å²) in [5.41, 5.74) is 1.27. The molecule has 1 N–H and O–H groups in total. The van der Waals surface area contributed by atoms with Gasteiger partial charge in [0.25, 0.3) is 0 Å². The van der Waals surface area contributed by atoms with Crippen LogP contribution in [0.15, 0.2) is 23.8 Å². The summed E-state index contributed by atoms with van der Waals surface area (Å²) >= 11 is 0. The van der Waals surface area contributed by atoms with E-state index in [0.29, 0.717) is 25.0 Å². The van der Waals surface area contributed by atoms with Crippen LogP contribution in [-0.2, 0) is 24.3 Å². The minimum Gasteiger partial charge on any atom is -0.455 e. The van der Waals surface area contributed by atoms with E-state index in [9.17, 15) is 13.2 Å². The minimum atomic E-state index is -3.22. The number of carbonyl (C=O) groups excluding carboxylic acids is 1. The predicted octanol–water partition coefficient (Wildman–Crippen LogP) is 1.29. The third-order valence-electron chi connectivity index (χ3n) is 5.00. The molecule has 0 unspecified atom stereocenters. The Morgan fingerprint density at radius 1 is 1.48 bits per heavy atom. The molecular formula is C16H23NO5S. The second-order valence-electron chi connectivity index (χ2n) is 6.89. The first-order valence-corrected chi connectivity index (χ1v) is 9.79. The second kappa shape index (κ2) is 5.72. The first kappa shape index (κ1) is 16.7. The van der Waals surface area contributed by atoms with Crippen LogP contribution in [-0.4, -0.2) is 45.0 Å². The maximum absolute atomic E-state index is 11.9. The van der Waals surface area contributed by atoms with Crippen molar-refractivity contribution < 1.29 is 22.7 Å². The SMILES string of the molecule is C=C1C(=O)O[C@H]2[C@H]1CC/C(CNS(C)(=O)=O)=C\CC[C@@]1(C)O[C@@H]21. The number of allylic oxidation sites excluding steroid dienone is 1. The van der Waals surface area contributed by atoms with Crippen molar-refractivity contribution in [2.75, 3.05) is 12.8 Å². The molecule has 0 aromatic carbocycles. The van der Waals surface area contributed by atoms with E-state index < -0.39 is 10.0 Å². The van der Waals surface area contributed by atoms with E-state index in [1.807, 2.05) is 6.92 Å². The first-order chi connectivity index (χ1) is 10.7. The van der Waals surface area contributed by atoms with Crippen LogP contribution in [0.4, 0.5) is 0 Å². The molecular weight excluding hydrogens is 318 g/mol. The molecule has 6 nitrogen and oxygen atoms in total. The van der Waals surface area contributed by atoms with Crippen LogP contribution in [0.1, 0.15) is 32.6 Å². The molecule has 0 radical (unpaired) electrons. The molecule has 128 valence electrons. The van der Waals surface area contributed by atoms with Gasteiger partial charge in [0.1, 0.15) is 12.2 Å². The number of carbonyl (C=O) groups is 1. The fourth-order valence-electron chi connectivity index (χ4n) is 3.50. The van der Waals surface area contributed by atoms with E-state index in [0.717, 1.165) is 24.7 Å². The average Bonchev–Trinajstić information content (AvgIpc) is 3.04. The van der Waals surface area contributed by atoms with Crippen LogP contribution in [0.3, 0.4) is 0 Å². The van der Waals surface area contributed by atoms with Gasteiger partial charge in [-0.15, -0.1) is 0 Å². The highest BCUT2D eigenvalue weighted by Crippen LogP contribution is 2.49. The normalized spacial score (nSPS) is 39.7. The zero-order valence-electron chi connectivity index (χ0n) is 13.5. The molecule has 3 aliphatic rings. The molecule has 0 spiro atoms. The molecule has 4 atom stereocenters. The lowest BCUT2D eigenvalue weighted by Crippen LogP contribution is -2.29. The van der Waals surface area contributed by atoms with Gasteiger partial charge < -0.3 is 9.47 Å². The zero-order valence-corrected chi connectivity index (χ0v) is 14.3. The average molecular weight is 341 g/mol. The lowest BCUT2D eigenvalue weighted by atomic mass is 9.84. The summed E-state index contributed by atoms with van der Waals surface area (Å²) < 4.78 is 36.5. The molecule has 7 heteroatoms. The number of esters is 1. The molecule has 1 aliphatic carbocycles. The lowest BCUT2D eigenvalue weighted by Gasteiger charge is -2.20. The van der Waals surface area contributed by atoms with E-state index in [2.05, 4.69) is 17.4 Å². The van der Waals surface area contributed by atoms with Crippen molar-refractivity contribution in [2.24, 2.45) is 5.92 Å². The summed E-state index contributed by atoms with van der Waals surface area (Å²) in [5, 5.41) is 0. The molecule has 0 saturated carbocycles. The largest absolute Gasteiger partial charge is 0.455 e. The van der Waals surface area contributed by atoms with Gasteiger partial charge in [-0.2, -0.15) is 0 Å². The molecule has 2 aliphatic heterocycles. The Morgan fingerprint density at radius 3 is 2.91 bits per heavy atom. The van der Waals surface area contributed by atoms with Gasteiger partial charge in [0.2, 0.25) is 10.0 Å². The van der Waals surface area contributed by atoms with Gasteiger partial charge in [-0.3, -0.25) is 0 Å². The van der Waals surface area contributed by atoms with Crippen molar-refractivity contribution in [1.29, 1.82) is 0 Å². The summed E-state index contributed by atoms with van der Waals surface area (Å²) in [6, 6.07) is 0. The molecule has 0 amide bonds. The van der Waals surface area contributed by atoms with Crippen LogP contribution < -0.4 is 4.72 Å². The topological polar surface area (TPSA) is 85.0 Å². The van der Waals surface area contributed by atoms with Crippen molar-refractivity contribution in [3.63, 3.8) is 0 Å². The molecule has 2 fully saturated rings. The molecule has 0 aromatic heterocycles. The molecule has 2 saturated heterocycles. The molecule has 3 rings (SSSR count). The van der Waals surface area contributed by atoms with E-state index in [4.69, 9.17) is 9.47 Å². The van der Waals surface area contributed by atoms with Gasteiger partial charge in [-0.05, 0) is 32.6 Å². The van der Waals surface area contributed by atoms with E-state index in [-0.39, 0.29) is 29.7 Å². The predicted molar refractivity (Wildman–Crippen MR) is 85.2 cm³/mol. The summed E-state index contributed by atoms with van der Waals surface area (Å²) in [6.45, 7) is 6.21. The Hall–Kier alpha value is -1.18. The number of epoxide rings is 1. The van der Waals surface area contributed by atoms with E-state index in [1.54, 1.807) is 0 Å². The number of ether oxygens (including phenoxy) is 2. The number of nitrogens with one attached hydrogen (secondary N) is 1. The number of hydrogen-bond acceptors (Lipinski definition) is 5. The quantitative estimate of drug-likeness (QED) is 0.362. The Kier molecular flexibility index (Phi) is 4.14. The summed E-state index contributed by atoms with van der Waals surface area (Å²) in [7, 11) is -3.22. The lowest BCUT2D eigenvalue weighted by molar-refractivity contribution is -0.140. The van der Waals surface area contributed by atoms with Gasteiger partial charge in [0.05, 0.1) is 11.9 Å². The van der Waals surface area contributed by atoms with Crippen molar-refractivity contribution in [3.8, 4) is 0 Å². The monoisotopic (exact) mass is 341 g/mol. The third-order valence-corrected chi connectivity index (χ3v) is 5.67. The van der Waals surface area contributed by atoms with Crippen molar-refractivity contribution >= 4 is 16.0 Å². The highest BCUT2D eigenvalue weighted by Gasteiger charge is 2.61. The third kappa shape index (κ3) is 3.51. The van der Waals surface area contributed by atoms with Gasteiger partial charge in [-0.25, -0.2) is 17.9 Å². The first-order valence-electron chi connectivity index (χ1n) is 7.90. The zero-order chi connectivity index (χ0) is 16.8. The maximum Gasteiger partial charge on any atom is 0.334 e. The van der Waals surface area contributed by atoms with E-state index >= 15 is 0 Å². The van der Waals surface area contributed by atoms with Crippen LogP contribution in [0.2, 0.25) is 0 Å². The van der Waals surface area contributed by atoms with Gasteiger partial charge >= 0.3 is 5.97 Å². The number of sulfonamides is 1.